The van der Waals surface area contributed by atoms with Crippen molar-refractivity contribution in [2.24, 2.45) is 0 Å². The monoisotopic (exact) mass is 608 g/mol. The van der Waals surface area contributed by atoms with E-state index >= 15 is 0 Å². The zero-order chi connectivity index (χ0) is 31.3. The Bertz CT molecular complexity index is 2740. The molecule has 0 amide bonds. The van der Waals surface area contributed by atoms with Crippen LogP contribution in [0.1, 0.15) is 25.0 Å². The number of hydrogen-bond acceptors (Lipinski definition) is 4. The summed E-state index contributed by atoms with van der Waals surface area (Å²) in [4.78, 5) is 9.80. The lowest BCUT2D eigenvalue weighted by molar-refractivity contribution is 0.422. The van der Waals surface area contributed by atoms with Gasteiger partial charge in [-0.25, -0.2) is 9.97 Å². The summed E-state index contributed by atoms with van der Waals surface area (Å²) in [6.07, 6.45) is 5.84. The Hall–Kier alpha value is -6.14. The van der Waals surface area contributed by atoms with Gasteiger partial charge in [0, 0.05) is 57.4 Å². The van der Waals surface area contributed by atoms with Crippen LogP contribution in [0.2, 0.25) is 0 Å². The fourth-order valence-corrected chi connectivity index (χ4v) is 7.47. The zero-order valence-corrected chi connectivity index (χ0v) is 25.8. The van der Waals surface area contributed by atoms with Crippen molar-refractivity contribution < 1.29 is 9.47 Å². The molecule has 9 aromatic rings. The Morgan fingerprint density at radius 3 is 2.34 bits per heavy atom. The maximum absolute atomic E-state index is 6.69. The molecule has 10 rings (SSSR count). The molecular weight excluding hydrogens is 580 g/mol. The van der Waals surface area contributed by atoms with Gasteiger partial charge in [-0.2, -0.15) is 0 Å². The van der Waals surface area contributed by atoms with E-state index in [4.69, 9.17) is 14.5 Å². The number of pyridine rings is 2. The Morgan fingerprint density at radius 1 is 0.638 bits per heavy atom. The number of fused-ring (bicyclic) bond motifs is 12. The van der Waals surface area contributed by atoms with Gasteiger partial charge in [-0.1, -0.05) is 74.5 Å². The molecule has 0 atom stereocenters. The summed E-state index contributed by atoms with van der Waals surface area (Å²) in [5, 5.41) is 5.48. The third kappa shape index (κ3) is 3.66. The highest BCUT2D eigenvalue weighted by atomic mass is 16.5. The number of hydrogen-bond donors (Lipinski definition) is 0. The predicted octanol–water partition coefficient (Wildman–Crippen LogP) is 10.4. The third-order valence-electron chi connectivity index (χ3n) is 9.72. The molecular formula is C41H28N4O2. The summed E-state index contributed by atoms with van der Waals surface area (Å²) < 4.78 is 17.6. The molecule has 5 heterocycles. The van der Waals surface area contributed by atoms with Crippen molar-refractivity contribution in [3.05, 3.63) is 145 Å². The van der Waals surface area contributed by atoms with Crippen LogP contribution in [0.15, 0.2) is 134 Å². The first-order chi connectivity index (χ1) is 23.1. The summed E-state index contributed by atoms with van der Waals surface area (Å²) in [7, 11) is 0. The van der Waals surface area contributed by atoms with Crippen LogP contribution in [0.3, 0.4) is 0 Å². The lowest BCUT2D eigenvalue weighted by Crippen LogP contribution is -2.24. The lowest BCUT2D eigenvalue weighted by atomic mass is 9.76. The molecule has 4 aromatic heterocycles. The summed E-state index contributed by atoms with van der Waals surface area (Å²) in [5.74, 6) is 3.24. The summed E-state index contributed by atoms with van der Waals surface area (Å²) in [6, 6.07) is 39.6. The quantitative estimate of drug-likeness (QED) is 0.187. The van der Waals surface area contributed by atoms with Crippen molar-refractivity contribution in [3.8, 4) is 28.7 Å². The van der Waals surface area contributed by atoms with E-state index in [1.165, 1.54) is 5.39 Å². The summed E-state index contributed by atoms with van der Waals surface area (Å²) in [5.41, 5.74) is 6.89. The average molecular weight is 609 g/mol. The molecule has 1 aliphatic heterocycles. The van der Waals surface area contributed by atoms with Crippen LogP contribution in [0.25, 0.3) is 54.9 Å². The van der Waals surface area contributed by atoms with Crippen molar-refractivity contribution in [2.75, 3.05) is 0 Å². The molecule has 224 valence electrons. The van der Waals surface area contributed by atoms with Crippen LogP contribution in [-0.2, 0) is 5.41 Å². The number of benzene rings is 5. The molecule has 0 radical (unpaired) electrons. The second-order valence-electron chi connectivity index (χ2n) is 12.7. The van der Waals surface area contributed by atoms with Gasteiger partial charge in [0.05, 0.1) is 22.1 Å². The molecule has 0 bridgehead atoms. The topological polar surface area (TPSA) is 53.6 Å². The lowest BCUT2D eigenvalue weighted by Gasteiger charge is -2.34. The fourth-order valence-electron chi connectivity index (χ4n) is 7.47. The highest BCUT2D eigenvalue weighted by molar-refractivity contribution is 6.13. The van der Waals surface area contributed by atoms with Crippen LogP contribution >= 0.6 is 0 Å². The van der Waals surface area contributed by atoms with E-state index in [-0.39, 0.29) is 5.41 Å². The number of rotatable bonds is 3. The molecule has 5 aromatic carbocycles. The molecule has 0 saturated heterocycles. The van der Waals surface area contributed by atoms with Gasteiger partial charge in [0.1, 0.15) is 34.3 Å². The third-order valence-corrected chi connectivity index (χ3v) is 9.72. The molecule has 0 N–H and O–H groups in total. The molecule has 0 fully saturated rings. The Balaban J connectivity index is 1.11. The van der Waals surface area contributed by atoms with Crippen molar-refractivity contribution in [2.45, 2.75) is 19.3 Å². The van der Waals surface area contributed by atoms with Crippen LogP contribution in [0.4, 0.5) is 0 Å². The number of nitrogens with zero attached hydrogens (tertiary/aromatic N) is 4. The van der Waals surface area contributed by atoms with Gasteiger partial charge in [0.2, 0.25) is 0 Å². The largest absolute Gasteiger partial charge is 0.457 e. The van der Waals surface area contributed by atoms with E-state index in [9.17, 15) is 0 Å². The number of ether oxygens (including phenoxy) is 2. The van der Waals surface area contributed by atoms with Crippen molar-refractivity contribution in [1.82, 2.24) is 18.9 Å². The first-order valence-electron chi connectivity index (χ1n) is 15.8. The highest BCUT2D eigenvalue weighted by Gasteiger charge is 2.36. The molecule has 1 aliphatic rings. The van der Waals surface area contributed by atoms with E-state index < -0.39 is 0 Å². The smallest absolute Gasteiger partial charge is 0.149 e. The van der Waals surface area contributed by atoms with Gasteiger partial charge in [0.15, 0.2) is 0 Å². The van der Waals surface area contributed by atoms with E-state index in [0.29, 0.717) is 0 Å². The zero-order valence-electron chi connectivity index (χ0n) is 25.8. The Kier molecular flexibility index (Phi) is 5.24. The minimum Gasteiger partial charge on any atom is -0.457 e. The Morgan fingerprint density at radius 2 is 1.43 bits per heavy atom. The second kappa shape index (κ2) is 9.44. The van der Waals surface area contributed by atoms with E-state index in [2.05, 4.69) is 119 Å². The SMILES string of the molecule is CC1(C)c2ccccc2Oc2c1cnc1c2c2ccccc2n1-c1cccc(Oc2ccc3c4ccccc4n4ccnc4c3c2)c1. The van der Waals surface area contributed by atoms with Gasteiger partial charge < -0.3 is 9.47 Å². The van der Waals surface area contributed by atoms with E-state index in [1.54, 1.807) is 0 Å². The minimum absolute atomic E-state index is 0.254. The molecule has 47 heavy (non-hydrogen) atoms. The van der Waals surface area contributed by atoms with E-state index in [1.807, 2.05) is 42.9 Å². The van der Waals surface area contributed by atoms with Crippen LogP contribution in [0.5, 0.6) is 23.0 Å². The normalized spacial score (nSPS) is 13.7. The van der Waals surface area contributed by atoms with Crippen molar-refractivity contribution in [1.29, 1.82) is 0 Å². The fraction of sp³-hybridized carbons (Fsp3) is 0.0732. The molecule has 0 aliphatic carbocycles. The first kappa shape index (κ1) is 26.1. The summed E-state index contributed by atoms with van der Waals surface area (Å²) >= 11 is 0. The minimum atomic E-state index is -0.254. The standard InChI is InChI=1S/C41H28N4O2/c1-41(2)32-14-5-8-17-36(32)47-38-33(41)24-43-40-37(38)30-13-4-7-16-35(30)45(40)25-10-9-11-26(22-25)46-27-18-19-28-29-12-3-6-15-34(29)44-21-20-42-39(44)31(28)23-27/h3-24H,1-2H3. The van der Waals surface area contributed by atoms with Crippen LogP contribution < -0.4 is 9.47 Å². The maximum Gasteiger partial charge on any atom is 0.149 e. The van der Waals surface area contributed by atoms with Crippen LogP contribution in [-0.4, -0.2) is 18.9 Å². The number of imidazole rings is 1. The van der Waals surface area contributed by atoms with Gasteiger partial charge in [-0.05, 0) is 53.9 Å². The highest BCUT2D eigenvalue weighted by Crippen LogP contribution is 2.51. The molecule has 0 saturated carbocycles. The average Bonchev–Trinajstić information content (AvgIpc) is 3.73. The number of aromatic nitrogens is 4. The first-order valence-corrected chi connectivity index (χ1v) is 15.8. The predicted molar refractivity (Wildman–Crippen MR) is 187 cm³/mol. The maximum atomic E-state index is 6.69. The van der Waals surface area contributed by atoms with Crippen molar-refractivity contribution in [3.63, 3.8) is 0 Å². The van der Waals surface area contributed by atoms with Crippen LogP contribution in [0, 0.1) is 0 Å². The Labute approximate surface area is 270 Å². The van der Waals surface area contributed by atoms with Gasteiger partial charge in [0.25, 0.3) is 0 Å². The molecule has 6 nitrogen and oxygen atoms in total. The number of para-hydroxylation sites is 3. The summed E-state index contributed by atoms with van der Waals surface area (Å²) in [6.45, 7) is 4.49. The van der Waals surface area contributed by atoms with Gasteiger partial charge in [-0.3, -0.25) is 8.97 Å². The van der Waals surface area contributed by atoms with E-state index in [0.717, 1.165) is 83.7 Å². The van der Waals surface area contributed by atoms with Gasteiger partial charge >= 0.3 is 0 Å². The molecule has 0 spiro atoms. The molecule has 0 unspecified atom stereocenters. The van der Waals surface area contributed by atoms with Crippen molar-refractivity contribution >= 4 is 49.3 Å². The molecule has 6 heteroatoms. The van der Waals surface area contributed by atoms with Gasteiger partial charge in [-0.15, -0.1) is 0 Å². The second-order valence-corrected chi connectivity index (χ2v) is 12.7.